The highest BCUT2D eigenvalue weighted by Gasteiger charge is 2.18. The Bertz CT molecular complexity index is 357. The molecule has 0 unspecified atom stereocenters. The lowest BCUT2D eigenvalue weighted by Gasteiger charge is -2.04. The van der Waals surface area contributed by atoms with Crippen LogP contribution in [0.3, 0.4) is 0 Å². The molecule has 0 aliphatic heterocycles. The molecule has 78 valence electrons. The van der Waals surface area contributed by atoms with Crippen LogP contribution in [-0.4, -0.2) is 13.1 Å². The summed E-state index contributed by atoms with van der Waals surface area (Å²) >= 11 is 5.58. The van der Waals surface area contributed by atoms with Gasteiger partial charge in [-0.3, -0.25) is 0 Å². The Morgan fingerprint density at radius 2 is 2.14 bits per heavy atom. The van der Waals surface area contributed by atoms with Gasteiger partial charge in [0, 0.05) is 0 Å². The number of rotatable bonds is 1. The third kappa shape index (κ3) is 2.27. The van der Waals surface area contributed by atoms with Crippen LogP contribution in [0, 0.1) is 5.82 Å². The van der Waals surface area contributed by atoms with Crippen molar-refractivity contribution in [2.24, 2.45) is 0 Å². The highest BCUT2D eigenvalue weighted by Crippen LogP contribution is 2.24. The molecule has 0 aromatic heterocycles. The molecule has 0 fully saturated rings. The topological polar surface area (TPSA) is 52.3 Å². The zero-order chi connectivity index (χ0) is 10.0. The van der Waals surface area contributed by atoms with E-state index < -0.39 is 11.8 Å². The van der Waals surface area contributed by atoms with Crippen molar-refractivity contribution >= 4 is 35.7 Å². The average molecular weight is 240 g/mol. The van der Waals surface area contributed by atoms with Gasteiger partial charge in [-0.2, -0.15) is 0 Å². The molecule has 0 saturated carbocycles. The molecule has 0 amide bonds. The molecule has 0 atom stereocenters. The predicted molar refractivity (Wildman–Crippen MR) is 54.4 cm³/mol. The molecule has 14 heavy (non-hydrogen) atoms. The number of hydrogen-bond acceptors (Lipinski definition) is 3. The quantitative estimate of drug-likeness (QED) is 0.605. The van der Waals surface area contributed by atoms with Gasteiger partial charge in [-0.25, -0.2) is 9.18 Å². The molecule has 0 aliphatic carbocycles. The van der Waals surface area contributed by atoms with E-state index in [1.165, 1.54) is 12.1 Å². The third-order valence-corrected chi connectivity index (χ3v) is 1.83. The van der Waals surface area contributed by atoms with E-state index in [-0.39, 0.29) is 28.7 Å². The Balaban J connectivity index is 0.00000169. The maximum Gasteiger partial charge on any atom is 0.342 e. The fourth-order valence-corrected chi connectivity index (χ4v) is 1.08. The van der Waals surface area contributed by atoms with Gasteiger partial charge < -0.3 is 10.5 Å². The molecule has 1 aromatic carbocycles. The summed E-state index contributed by atoms with van der Waals surface area (Å²) in [5.74, 6) is -1.69. The number of esters is 1. The van der Waals surface area contributed by atoms with Gasteiger partial charge in [0.25, 0.3) is 0 Å². The molecular formula is C8H8Cl2FNO2. The number of nitrogens with two attached hydrogens (primary N) is 1. The zero-order valence-corrected chi connectivity index (χ0v) is 8.79. The highest BCUT2D eigenvalue weighted by molar-refractivity contribution is 6.33. The monoisotopic (exact) mass is 239 g/mol. The van der Waals surface area contributed by atoms with Crippen LogP contribution in [0.1, 0.15) is 10.4 Å². The second-order valence-corrected chi connectivity index (χ2v) is 2.72. The van der Waals surface area contributed by atoms with Crippen molar-refractivity contribution < 1.29 is 13.9 Å². The first-order valence-corrected chi connectivity index (χ1v) is 3.77. The van der Waals surface area contributed by atoms with Crippen LogP contribution in [0.4, 0.5) is 10.1 Å². The minimum atomic E-state index is -0.848. The number of hydrogen-bond donors (Lipinski definition) is 1. The van der Waals surface area contributed by atoms with E-state index in [0.717, 1.165) is 7.11 Å². The summed E-state index contributed by atoms with van der Waals surface area (Å²) in [7, 11) is 1.14. The first-order valence-electron chi connectivity index (χ1n) is 3.39. The van der Waals surface area contributed by atoms with Gasteiger partial charge in [0.15, 0.2) is 5.82 Å². The number of carbonyl (C=O) groups excluding carboxylic acids is 1. The van der Waals surface area contributed by atoms with Gasteiger partial charge >= 0.3 is 5.97 Å². The lowest BCUT2D eigenvalue weighted by atomic mass is 10.2. The number of anilines is 1. The highest BCUT2D eigenvalue weighted by atomic mass is 35.5. The van der Waals surface area contributed by atoms with Gasteiger partial charge in [-0.15, -0.1) is 12.4 Å². The first kappa shape index (κ1) is 13.0. The second kappa shape index (κ2) is 5.02. The van der Waals surface area contributed by atoms with Crippen molar-refractivity contribution in [2.45, 2.75) is 0 Å². The Kier molecular flexibility index (Phi) is 4.67. The van der Waals surface area contributed by atoms with Crippen LogP contribution in [0.2, 0.25) is 5.02 Å². The summed E-state index contributed by atoms with van der Waals surface area (Å²) in [4.78, 5) is 11.0. The predicted octanol–water partition coefficient (Wildman–Crippen LogP) is 2.27. The molecular weight excluding hydrogens is 232 g/mol. The van der Waals surface area contributed by atoms with Crippen LogP contribution in [0.15, 0.2) is 12.1 Å². The maximum atomic E-state index is 13.2. The number of methoxy groups -OCH3 is 1. The molecule has 0 radical (unpaired) electrons. The number of carbonyl (C=O) groups is 1. The Hall–Kier alpha value is -1.00. The smallest absolute Gasteiger partial charge is 0.342 e. The van der Waals surface area contributed by atoms with Crippen LogP contribution in [-0.2, 0) is 4.74 Å². The molecule has 1 aromatic rings. The standard InChI is InChI=1S/C8H7ClFNO2.ClH/c1-13-8(12)6-4(9)2-3-5(11)7(6)10;/h2-3H,11H2,1H3;1H. The Labute approximate surface area is 91.4 Å². The average Bonchev–Trinajstić information content (AvgIpc) is 2.12. The lowest BCUT2D eigenvalue weighted by Crippen LogP contribution is -2.07. The Morgan fingerprint density at radius 1 is 1.57 bits per heavy atom. The van der Waals surface area contributed by atoms with Gasteiger partial charge in [-0.1, -0.05) is 11.6 Å². The molecule has 3 nitrogen and oxygen atoms in total. The van der Waals surface area contributed by atoms with Gasteiger partial charge in [0.2, 0.25) is 0 Å². The van der Waals surface area contributed by atoms with Crippen molar-refractivity contribution in [1.82, 2.24) is 0 Å². The fraction of sp³-hybridized carbons (Fsp3) is 0.125. The molecule has 0 aliphatic rings. The summed E-state index contributed by atoms with van der Waals surface area (Å²) in [5.41, 5.74) is 4.78. The van der Waals surface area contributed by atoms with E-state index in [1.54, 1.807) is 0 Å². The Morgan fingerprint density at radius 3 is 2.64 bits per heavy atom. The van der Waals surface area contributed by atoms with Crippen LogP contribution < -0.4 is 5.73 Å². The zero-order valence-electron chi connectivity index (χ0n) is 7.21. The number of halogens is 3. The number of nitrogen functional groups attached to an aromatic ring is 1. The number of ether oxygens (including phenoxy) is 1. The van der Waals surface area contributed by atoms with E-state index in [2.05, 4.69) is 4.74 Å². The summed E-state index contributed by atoms with van der Waals surface area (Å²) < 4.78 is 17.5. The first-order chi connectivity index (χ1) is 6.07. The van der Waals surface area contributed by atoms with Gasteiger partial charge in [0.05, 0.1) is 17.8 Å². The molecule has 6 heteroatoms. The van der Waals surface area contributed by atoms with Crippen molar-refractivity contribution in [3.05, 3.63) is 28.5 Å². The summed E-state index contributed by atoms with van der Waals surface area (Å²) in [6, 6.07) is 2.62. The minimum Gasteiger partial charge on any atom is -0.465 e. The fourth-order valence-electron chi connectivity index (χ4n) is 0.858. The van der Waals surface area contributed by atoms with E-state index in [4.69, 9.17) is 17.3 Å². The van der Waals surface area contributed by atoms with Crippen molar-refractivity contribution in [1.29, 1.82) is 0 Å². The van der Waals surface area contributed by atoms with Crippen LogP contribution >= 0.6 is 24.0 Å². The summed E-state index contributed by atoms with van der Waals surface area (Å²) in [6.45, 7) is 0. The normalized spacial score (nSPS) is 9.07. The van der Waals surface area contributed by atoms with E-state index in [0.29, 0.717) is 0 Å². The molecule has 0 bridgehead atoms. The molecule has 1 rings (SSSR count). The van der Waals surface area contributed by atoms with E-state index >= 15 is 0 Å². The minimum absolute atomic E-state index is 0. The largest absolute Gasteiger partial charge is 0.465 e. The molecule has 2 N–H and O–H groups in total. The molecule has 0 saturated heterocycles. The molecule has 0 spiro atoms. The van der Waals surface area contributed by atoms with E-state index in [9.17, 15) is 9.18 Å². The van der Waals surface area contributed by atoms with Crippen LogP contribution in [0.25, 0.3) is 0 Å². The van der Waals surface area contributed by atoms with Crippen molar-refractivity contribution in [3.63, 3.8) is 0 Å². The summed E-state index contributed by atoms with van der Waals surface area (Å²) in [5, 5.41) is -0.0152. The maximum absolute atomic E-state index is 13.2. The van der Waals surface area contributed by atoms with Gasteiger partial charge in [-0.05, 0) is 12.1 Å². The van der Waals surface area contributed by atoms with Crippen LogP contribution in [0.5, 0.6) is 0 Å². The van der Waals surface area contributed by atoms with Gasteiger partial charge in [0.1, 0.15) is 5.56 Å². The van der Waals surface area contributed by atoms with Crippen molar-refractivity contribution in [3.8, 4) is 0 Å². The SMILES string of the molecule is COC(=O)c1c(Cl)ccc(N)c1F.Cl. The summed E-state index contributed by atoms with van der Waals surface area (Å²) in [6.07, 6.45) is 0. The molecule has 0 heterocycles. The number of benzene rings is 1. The second-order valence-electron chi connectivity index (χ2n) is 2.32. The third-order valence-electron chi connectivity index (χ3n) is 1.51. The lowest BCUT2D eigenvalue weighted by molar-refractivity contribution is 0.0596. The van der Waals surface area contributed by atoms with Crippen molar-refractivity contribution in [2.75, 3.05) is 12.8 Å². The van der Waals surface area contributed by atoms with E-state index in [1.807, 2.05) is 0 Å².